The van der Waals surface area contributed by atoms with Crippen LogP contribution in [0.1, 0.15) is 61.1 Å². The van der Waals surface area contributed by atoms with Crippen molar-refractivity contribution >= 4 is 6.08 Å². The molecule has 3 nitrogen and oxygen atoms in total. The predicted molar refractivity (Wildman–Crippen MR) is 148 cm³/mol. The molecule has 0 bridgehead atoms. The van der Waals surface area contributed by atoms with Crippen molar-refractivity contribution in [3.05, 3.63) is 113 Å². The van der Waals surface area contributed by atoms with Crippen LogP contribution in [0.2, 0.25) is 0 Å². The van der Waals surface area contributed by atoms with Gasteiger partial charge < -0.3 is 4.90 Å². The molecule has 184 valence electrons. The summed E-state index contributed by atoms with van der Waals surface area (Å²) in [5.41, 5.74) is 3.97. The molecule has 5 rings (SSSR count). The summed E-state index contributed by atoms with van der Waals surface area (Å²) >= 11 is 0. The maximum Gasteiger partial charge on any atom is 0.147 e. The van der Waals surface area contributed by atoms with E-state index in [9.17, 15) is 5.26 Å². The molecule has 0 radical (unpaired) electrons. The molecule has 2 aliphatic heterocycles. The molecule has 2 atom stereocenters. The van der Waals surface area contributed by atoms with E-state index in [1.165, 1.54) is 42.5 Å². The normalized spacial score (nSPS) is 19.8. The number of rotatable bonds is 7. The van der Waals surface area contributed by atoms with E-state index in [0.29, 0.717) is 0 Å². The van der Waals surface area contributed by atoms with Crippen molar-refractivity contribution < 1.29 is 0 Å². The Balaban J connectivity index is 1.78. The summed E-state index contributed by atoms with van der Waals surface area (Å²) in [6, 6.07) is 35.0. The van der Waals surface area contributed by atoms with Crippen molar-refractivity contribution in [2.24, 2.45) is 0 Å². The molecule has 2 aliphatic rings. The Morgan fingerprint density at radius 2 is 1.22 bits per heavy atom. The lowest BCUT2D eigenvalue weighted by Crippen LogP contribution is -2.53. The highest BCUT2D eigenvalue weighted by Crippen LogP contribution is 2.48. The first-order valence-corrected chi connectivity index (χ1v) is 13.6. The fourth-order valence-corrected chi connectivity index (χ4v) is 6.17. The minimum atomic E-state index is -0.791. The van der Waals surface area contributed by atoms with Crippen molar-refractivity contribution in [1.82, 2.24) is 9.80 Å². The highest BCUT2D eigenvalue weighted by molar-refractivity contribution is 5.58. The second-order valence-corrected chi connectivity index (χ2v) is 10.2. The Bertz CT molecular complexity index is 1150. The van der Waals surface area contributed by atoms with Gasteiger partial charge in [-0.05, 0) is 68.0 Å². The third kappa shape index (κ3) is 4.97. The number of hydrogen-bond acceptors (Lipinski definition) is 3. The molecule has 0 aromatic heterocycles. The smallest absolute Gasteiger partial charge is 0.147 e. The van der Waals surface area contributed by atoms with Crippen molar-refractivity contribution in [2.75, 3.05) is 26.2 Å². The van der Waals surface area contributed by atoms with E-state index in [-0.39, 0.29) is 5.92 Å². The summed E-state index contributed by atoms with van der Waals surface area (Å²) < 4.78 is 0. The quantitative estimate of drug-likeness (QED) is 0.362. The Morgan fingerprint density at radius 3 is 1.81 bits per heavy atom. The first-order chi connectivity index (χ1) is 17.8. The number of nitriles is 1. The average Bonchev–Trinajstić information content (AvgIpc) is 2.97. The molecule has 3 aromatic carbocycles. The highest BCUT2D eigenvalue weighted by Gasteiger charge is 2.49. The molecule has 2 heterocycles. The molecular weight excluding hydrogens is 438 g/mol. The molecule has 3 aromatic rings. The van der Waals surface area contributed by atoms with Crippen molar-refractivity contribution in [1.29, 1.82) is 5.26 Å². The first kappa shape index (κ1) is 24.3. The maximum absolute atomic E-state index is 11.3. The van der Waals surface area contributed by atoms with Gasteiger partial charge in [0.25, 0.3) is 0 Å². The van der Waals surface area contributed by atoms with Crippen LogP contribution < -0.4 is 0 Å². The molecule has 0 amide bonds. The number of hydrogen-bond donors (Lipinski definition) is 0. The van der Waals surface area contributed by atoms with Gasteiger partial charge in [-0.3, -0.25) is 4.90 Å². The molecule has 0 spiro atoms. The number of benzene rings is 3. The van der Waals surface area contributed by atoms with Gasteiger partial charge in [-0.25, -0.2) is 0 Å². The molecule has 36 heavy (non-hydrogen) atoms. The Morgan fingerprint density at radius 1 is 0.694 bits per heavy atom. The lowest BCUT2D eigenvalue weighted by molar-refractivity contribution is 0.0830. The third-order valence-electron chi connectivity index (χ3n) is 7.92. The number of piperidine rings is 2. The molecule has 3 heteroatoms. The van der Waals surface area contributed by atoms with Crippen LogP contribution in [0.15, 0.2) is 96.7 Å². The van der Waals surface area contributed by atoms with E-state index >= 15 is 0 Å². The van der Waals surface area contributed by atoms with Gasteiger partial charge in [-0.1, -0.05) is 97.4 Å². The standard InChI is InChI=1S/C33H37N3/c34-27-33(30-20-10-3-11-21-30,36-24-14-5-15-25-36)32(29-18-8-2-9-19-29)31(35-22-12-4-13-23-35)26-28-16-6-1-7-17-28/h1-3,6-11,16-21,26,32H,4-5,12-15,22-25H2/b31-26-. The predicted octanol–water partition coefficient (Wildman–Crippen LogP) is 7.20. The van der Waals surface area contributed by atoms with Gasteiger partial charge in [0, 0.05) is 18.8 Å². The zero-order valence-electron chi connectivity index (χ0n) is 21.2. The third-order valence-corrected chi connectivity index (χ3v) is 7.92. The fourth-order valence-electron chi connectivity index (χ4n) is 6.17. The summed E-state index contributed by atoms with van der Waals surface area (Å²) in [4.78, 5) is 5.07. The van der Waals surface area contributed by atoms with E-state index < -0.39 is 5.54 Å². The van der Waals surface area contributed by atoms with E-state index in [1.54, 1.807) is 0 Å². The summed E-state index contributed by atoms with van der Waals surface area (Å²) in [7, 11) is 0. The zero-order valence-corrected chi connectivity index (χ0v) is 21.2. The van der Waals surface area contributed by atoms with Gasteiger partial charge in [0.05, 0.1) is 12.0 Å². The molecule has 2 unspecified atom stereocenters. The topological polar surface area (TPSA) is 30.3 Å². The molecule has 0 N–H and O–H groups in total. The van der Waals surface area contributed by atoms with Crippen molar-refractivity contribution in [3.63, 3.8) is 0 Å². The van der Waals surface area contributed by atoms with Crippen molar-refractivity contribution in [3.8, 4) is 6.07 Å². The minimum absolute atomic E-state index is 0.109. The van der Waals surface area contributed by atoms with E-state index in [0.717, 1.165) is 44.6 Å². The second kappa shape index (κ2) is 11.6. The van der Waals surface area contributed by atoms with Gasteiger partial charge in [0.1, 0.15) is 5.54 Å². The summed E-state index contributed by atoms with van der Waals surface area (Å²) in [6.07, 6.45) is 9.55. The summed E-state index contributed by atoms with van der Waals surface area (Å²) in [5.74, 6) is -0.109. The van der Waals surface area contributed by atoms with Crippen LogP contribution in [0.5, 0.6) is 0 Å². The van der Waals surface area contributed by atoms with Crippen LogP contribution in [0, 0.1) is 11.3 Å². The van der Waals surface area contributed by atoms with Crippen LogP contribution in [-0.2, 0) is 5.54 Å². The SMILES string of the molecule is N#CC(c1ccccc1)(C(/C(=C/c1ccccc1)N1CCCCC1)c1ccccc1)N1CCCCC1. The highest BCUT2D eigenvalue weighted by atomic mass is 15.2. The van der Waals surface area contributed by atoms with Gasteiger partial charge in [-0.15, -0.1) is 0 Å². The Hall–Kier alpha value is -3.35. The Kier molecular flexibility index (Phi) is 7.84. The lowest BCUT2D eigenvalue weighted by atomic mass is 9.70. The van der Waals surface area contributed by atoms with Crippen molar-refractivity contribution in [2.45, 2.75) is 50.0 Å². The maximum atomic E-state index is 11.3. The van der Waals surface area contributed by atoms with Gasteiger partial charge in [-0.2, -0.15) is 5.26 Å². The monoisotopic (exact) mass is 475 g/mol. The van der Waals surface area contributed by atoms with Gasteiger partial charge in [0.2, 0.25) is 0 Å². The summed E-state index contributed by atoms with van der Waals surface area (Å²) in [5, 5.41) is 11.3. The van der Waals surface area contributed by atoms with Crippen LogP contribution in [0.25, 0.3) is 6.08 Å². The van der Waals surface area contributed by atoms with Crippen LogP contribution in [0.4, 0.5) is 0 Å². The van der Waals surface area contributed by atoms with E-state index in [1.807, 2.05) is 0 Å². The molecule has 0 aliphatic carbocycles. The number of nitrogens with zero attached hydrogens (tertiary/aromatic N) is 3. The minimum Gasteiger partial charge on any atom is -0.374 e. The molecule has 2 fully saturated rings. The van der Waals surface area contributed by atoms with Crippen LogP contribution in [-0.4, -0.2) is 36.0 Å². The molecule has 2 saturated heterocycles. The van der Waals surface area contributed by atoms with Crippen LogP contribution in [0.3, 0.4) is 0 Å². The molecule has 0 saturated carbocycles. The molecular formula is C33H37N3. The van der Waals surface area contributed by atoms with E-state index in [4.69, 9.17) is 0 Å². The fraction of sp³-hybridized carbons (Fsp3) is 0.364. The zero-order chi connectivity index (χ0) is 24.6. The summed E-state index contributed by atoms with van der Waals surface area (Å²) in [6.45, 7) is 3.98. The van der Waals surface area contributed by atoms with Gasteiger partial charge >= 0.3 is 0 Å². The van der Waals surface area contributed by atoms with Crippen LogP contribution >= 0.6 is 0 Å². The second-order valence-electron chi connectivity index (χ2n) is 10.2. The van der Waals surface area contributed by atoms with Gasteiger partial charge in [0.15, 0.2) is 0 Å². The lowest BCUT2D eigenvalue weighted by Gasteiger charge is -2.49. The largest absolute Gasteiger partial charge is 0.374 e. The Labute approximate surface area is 216 Å². The van der Waals surface area contributed by atoms with E-state index in [2.05, 4.69) is 113 Å². The average molecular weight is 476 g/mol. The first-order valence-electron chi connectivity index (χ1n) is 13.6. The number of likely N-dealkylation sites (tertiary alicyclic amines) is 2.